The minimum absolute atomic E-state index is 0.0624. The standard InChI is InChI=1S/C24H21F3N4O2/c1-14-4-7-17(10-15(14)2)19-11-21(24(25,26)27)31-22(29-19)12-20(30-31)23(32)28-13-16-5-8-18(33-3)9-6-16/h4-12H,13H2,1-3H3,(H,28,32). The molecule has 0 unspecified atom stereocenters. The van der Waals surface area contributed by atoms with E-state index in [4.69, 9.17) is 4.74 Å². The normalized spacial score (nSPS) is 11.6. The Morgan fingerprint density at radius 1 is 1.03 bits per heavy atom. The fraction of sp³-hybridized carbons (Fsp3) is 0.208. The highest BCUT2D eigenvalue weighted by atomic mass is 19.4. The lowest BCUT2D eigenvalue weighted by molar-refractivity contribution is -0.142. The van der Waals surface area contributed by atoms with Crippen LogP contribution in [0, 0.1) is 13.8 Å². The molecule has 2 aromatic carbocycles. The SMILES string of the molecule is COc1ccc(CNC(=O)c2cc3nc(-c4ccc(C)c(C)c4)cc(C(F)(F)F)n3n2)cc1. The Balaban J connectivity index is 1.67. The number of amides is 1. The van der Waals surface area contributed by atoms with Crippen LogP contribution < -0.4 is 10.1 Å². The smallest absolute Gasteiger partial charge is 0.433 e. The van der Waals surface area contributed by atoms with Crippen LogP contribution in [0.3, 0.4) is 0 Å². The molecule has 0 radical (unpaired) electrons. The Kier molecular flexibility index (Phi) is 5.80. The van der Waals surface area contributed by atoms with Gasteiger partial charge in [-0.2, -0.15) is 18.3 Å². The number of methoxy groups -OCH3 is 1. The largest absolute Gasteiger partial charge is 0.497 e. The number of halogens is 3. The number of rotatable bonds is 5. The summed E-state index contributed by atoms with van der Waals surface area (Å²) in [5.41, 5.74) is 2.26. The molecule has 0 fully saturated rings. The fourth-order valence-electron chi connectivity index (χ4n) is 3.35. The van der Waals surface area contributed by atoms with E-state index in [0.29, 0.717) is 15.8 Å². The zero-order valence-electron chi connectivity index (χ0n) is 18.2. The molecule has 9 heteroatoms. The Labute approximate surface area is 188 Å². The number of hydrogen-bond acceptors (Lipinski definition) is 4. The topological polar surface area (TPSA) is 68.5 Å². The Morgan fingerprint density at radius 3 is 2.39 bits per heavy atom. The van der Waals surface area contributed by atoms with Crippen LogP contribution >= 0.6 is 0 Å². The number of fused-ring (bicyclic) bond motifs is 1. The van der Waals surface area contributed by atoms with Crippen molar-refractivity contribution in [2.45, 2.75) is 26.6 Å². The zero-order valence-corrected chi connectivity index (χ0v) is 18.2. The molecule has 1 amide bonds. The number of aromatic nitrogens is 3. The first-order chi connectivity index (χ1) is 15.7. The molecule has 4 rings (SSSR count). The first-order valence-corrected chi connectivity index (χ1v) is 10.1. The fourth-order valence-corrected chi connectivity index (χ4v) is 3.35. The van der Waals surface area contributed by atoms with Gasteiger partial charge in [0.25, 0.3) is 5.91 Å². The molecule has 1 N–H and O–H groups in total. The van der Waals surface area contributed by atoms with Crippen molar-refractivity contribution in [2.75, 3.05) is 7.11 Å². The van der Waals surface area contributed by atoms with E-state index in [0.717, 1.165) is 22.8 Å². The number of hydrogen-bond donors (Lipinski definition) is 1. The van der Waals surface area contributed by atoms with Gasteiger partial charge in [0.15, 0.2) is 17.0 Å². The van der Waals surface area contributed by atoms with Gasteiger partial charge in [0.1, 0.15) is 5.75 Å². The molecule has 2 heterocycles. The van der Waals surface area contributed by atoms with Gasteiger partial charge in [-0.05, 0) is 54.8 Å². The first-order valence-electron chi connectivity index (χ1n) is 10.1. The lowest BCUT2D eigenvalue weighted by Crippen LogP contribution is -2.23. The van der Waals surface area contributed by atoms with E-state index >= 15 is 0 Å². The summed E-state index contributed by atoms with van der Waals surface area (Å²) in [4.78, 5) is 16.9. The van der Waals surface area contributed by atoms with Gasteiger partial charge in [-0.25, -0.2) is 9.50 Å². The van der Waals surface area contributed by atoms with E-state index in [1.54, 1.807) is 43.5 Å². The molecule has 0 saturated carbocycles. The molecule has 0 saturated heterocycles. The average molecular weight is 454 g/mol. The van der Waals surface area contributed by atoms with Crippen LogP contribution in [0.4, 0.5) is 13.2 Å². The predicted octanol–water partition coefficient (Wildman–Crippen LogP) is 4.97. The Bertz CT molecular complexity index is 1330. The predicted molar refractivity (Wildman–Crippen MR) is 117 cm³/mol. The zero-order chi connectivity index (χ0) is 23.8. The van der Waals surface area contributed by atoms with E-state index in [2.05, 4.69) is 15.4 Å². The number of ether oxygens (including phenoxy) is 1. The number of benzene rings is 2. The third kappa shape index (κ3) is 4.67. The summed E-state index contributed by atoms with van der Waals surface area (Å²) in [5, 5.41) is 6.55. The van der Waals surface area contributed by atoms with Crippen molar-refractivity contribution in [1.29, 1.82) is 0 Å². The van der Waals surface area contributed by atoms with Crippen molar-refractivity contribution in [2.24, 2.45) is 0 Å². The van der Waals surface area contributed by atoms with Crippen LogP contribution in [-0.2, 0) is 12.7 Å². The minimum Gasteiger partial charge on any atom is -0.497 e. The first kappa shape index (κ1) is 22.3. The maximum atomic E-state index is 13.8. The van der Waals surface area contributed by atoms with Crippen molar-refractivity contribution < 1.29 is 22.7 Å². The molecular weight excluding hydrogens is 433 g/mol. The van der Waals surface area contributed by atoms with Gasteiger partial charge in [0.05, 0.1) is 12.8 Å². The molecule has 33 heavy (non-hydrogen) atoms. The van der Waals surface area contributed by atoms with Gasteiger partial charge in [-0.3, -0.25) is 4.79 Å². The van der Waals surface area contributed by atoms with Gasteiger partial charge < -0.3 is 10.1 Å². The van der Waals surface area contributed by atoms with Crippen LogP contribution in [0.15, 0.2) is 54.6 Å². The quantitative estimate of drug-likeness (QED) is 0.462. The van der Waals surface area contributed by atoms with Crippen molar-refractivity contribution in [3.63, 3.8) is 0 Å². The Hall–Kier alpha value is -3.88. The number of carbonyl (C=O) groups is 1. The highest BCUT2D eigenvalue weighted by Gasteiger charge is 2.35. The van der Waals surface area contributed by atoms with E-state index < -0.39 is 17.8 Å². The van der Waals surface area contributed by atoms with Crippen LogP contribution in [-0.4, -0.2) is 27.6 Å². The number of alkyl halides is 3. The van der Waals surface area contributed by atoms with Crippen LogP contribution in [0.5, 0.6) is 5.75 Å². The maximum Gasteiger partial charge on any atom is 0.433 e. The summed E-state index contributed by atoms with van der Waals surface area (Å²) < 4.78 is 47.1. The Morgan fingerprint density at radius 2 is 1.76 bits per heavy atom. The third-order valence-corrected chi connectivity index (χ3v) is 5.37. The summed E-state index contributed by atoms with van der Waals surface area (Å²) in [6, 6.07) is 14.6. The number of nitrogens with zero attached hydrogens (tertiary/aromatic N) is 3. The highest BCUT2D eigenvalue weighted by Crippen LogP contribution is 2.32. The lowest BCUT2D eigenvalue weighted by atomic mass is 10.0. The molecule has 0 atom stereocenters. The molecule has 4 aromatic rings. The molecule has 170 valence electrons. The maximum absolute atomic E-state index is 13.8. The van der Waals surface area contributed by atoms with Gasteiger partial charge in [0.2, 0.25) is 0 Å². The average Bonchev–Trinajstić information content (AvgIpc) is 3.22. The molecule has 0 aliphatic rings. The third-order valence-electron chi connectivity index (χ3n) is 5.37. The molecule has 0 spiro atoms. The van der Waals surface area contributed by atoms with Gasteiger partial charge >= 0.3 is 6.18 Å². The minimum atomic E-state index is -4.68. The number of carbonyl (C=O) groups excluding carboxylic acids is 1. The summed E-state index contributed by atoms with van der Waals surface area (Å²) in [7, 11) is 1.55. The number of nitrogens with one attached hydrogen (secondary N) is 1. The van der Waals surface area contributed by atoms with Crippen molar-refractivity contribution in [1.82, 2.24) is 19.9 Å². The second-order valence-corrected chi connectivity index (χ2v) is 7.65. The van der Waals surface area contributed by atoms with Crippen LogP contribution in [0.2, 0.25) is 0 Å². The molecule has 0 bridgehead atoms. The van der Waals surface area contributed by atoms with Gasteiger partial charge in [0, 0.05) is 18.2 Å². The molecule has 6 nitrogen and oxygen atoms in total. The van der Waals surface area contributed by atoms with Gasteiger partial charge in [-0.15, -0.1) is 0 Å². The van der Waals surface area contributed by atoms with Gasteiger partial charge in [-0.1, -0.05) is 24.3 Å². The van der Waals surface area contributed by atoms with E-state index in [-0.39, 0.29) is 23.6 Å². The van der Waals surface area contributed by atoms with E-state index in [1.165, 1.54) is 6.07 Å². The van der Waals surface area contributed by atoms with E-state index in [1.807, 2.05) is 19.9 Å². The molecule has 2 aromatic heterocycles. The summed E-state index contributed by atoms with van der Waals surface area (Å²) in [6.45, 7) is 3.99. The van der Waals surface area contributed by atoms with E-state index in [9.17, 15) is 18.0 Å². The highest BCUT2D eigenvalue weighted by molar-refractivity contribution is 5.93. The summed E-state index contributed by atoms with van der Waals surface area (Å²) in [6.07, 6.45) is -4.68. The van der Waals surface area contributed by atoms with Crippen LogP contribution in [0.1, 0.15) is 32.9 Å². The second-order valence-electron chi connectivity index (χ2n) is 7.65. The molecular formula is C24H21F3N4O2. The molecule has 0 aliphatic heterocycles. The second kappa shape index (κ2) is 8.57. The van der Waals surface area contributed by atoms with Crippen molar-refractivity contribution in [3.8, 4) is 17.0 Å². The molecule has 0 aliphatic carbocycles. The number of aryl methyl sites for hydroxylation is 2. The monoisotopic (exact) mass is 454 g/mol. The van der Waals surface area contributed by atoms with Crippen molar-refractivity contribution >= 4 is 11.6 Å². The summed E-state index contributed by atoms with van der Waals surface area (Å²) in [5.74, 6) is 0.0768. The van der Waals surface area contributed by atoms with Crippen LogP contribution in [0.25, 0.3) is 16.9 Å². The lowest BCUT2D eigenvalue weighted by Gasteiger charge is -2.11. The summed E-state index contributed by atoms with van der Waals surface area (Å²) >= 11 is 0. The van der Waals surface area contributed by atoms with Crippen molar-refractivity contribution in [3.05, 3.63) is 82.7 Å².